The molecule has 0 aliphatic carbocycles. The van der Waals surface area contributed by atoms with Crippen molar-refractivity contribution in [3.8, 4) is 0 Å². The van der Waals surface area contributed by atoms with Crippen molar-refractivity contribution in [3.05, 3.63) is 51.4 Å². The molecule has 0 atom stereocenters. The highest BCUT2D eigenvalue weighted by Crippen LogP contribution is 2.13. The Balaban J connectivity index is 1.74. The Morgan fingerprint density at radius 1 is 1.38 bits per heavy atom. The standard InChI is InChI=1S/C12H13ClN2S/c13-12-9-15-5-3-10(12)8-14-6-4-11-2-1-7-16-11/h1-3,5,7,9,14H,4,6,8H2. The van der Waals surface area contributed by atoms with Gasteiger partial charge in [-0.15, -0.1) is 11.3 Å². The van der Waals surface area contributed by atoms with E-state index in [-0.39, 0.29) is 0 Å². The molecule has 0 spiro atoms. The lowest BCUT2D eigenvalue weighted by molar-refractivity contribution is 0.690. The van der Waals surface area contributed by atoms with Crippen molar-refractivity contribution in [1.29, 1.82) is 0 Å². The molecule has 0 aliphatic heterocycles. The number of halogens is 1. The van der Waals surface area contributed by atoms with Gasteiger partial charge in [-0.2, -0.15) is 0 Å². The molecule has 0 amide bonds. The predicted octanol–water partition coefficient (Wildman–Crippen LogP) is 3.13. The van der Waals surface area contributed by atoms with Gasteiger partial charge in [0.05, 0.1) is 5.02 Å². The van der Waals surface area contributed by atoms with Crippen LogP contribution < -0.4 is 5.32 Å². The van der Waals surface area contributed by atoms with E-state index in [2.05, 4.69) is 27.8 Å². The van der Waals surface area contributed by atoms with E-state index in [1.165, 1.54) is 4.88 Å². The minimum Gasteiger partial charge on any atom is -0.312 e. The van der Waals surface area contributed by atoms with Crippen LogP contribution in [-0.4, -0.2) is 11.5 Å². The van der Waals surface area contributed by atoms with Gasteiger partial charge < -0.3 is 5.32 Å². The van der Waals surface area contributed by atoms with Crippen LogP contribution in [0.2, 0.25) is 5.02 Å². The maximum atomic E-state index is 6.00. The molecule has 0 saturated heterocycles. The monoisotopic (exact) mass is 252 g/mol. The van der Waals surface area contributed by atoms with E-state index in [0.717, 1.165) is 30.1 Å². The minimum absolute atomic E-state index is 0.728. The first-order chi connectivity index (χ1) is 7.86. The van der Waals surface area contributed by atoms with Gasteiger partial charge in [0.2, 0.25) is 0 Å². The molecule has 2 rings (SSSR count). The van der Waals surface area contributed by atoms with Crippen molar-refractivity contribution >= 4 is 22.9 Å². The Labute approximate surface area is 104 Å². The van der Waals surface area contributed by atoms with Crippen LogP contribution in [0.4, 0.5) is 0 Å². The highest BCUT2D eigenvalue weighted by molar-refractivity contribution is 7.09. The number of pyridine rings is 1. The largest absolute Gasteiger partial charge is 0.312 e. The molecule has 4 heteroatoms. The van der Waals surface area contributed by atoms with Crippen LogP contribution in [0.25, 0.3) is 0 Å². The van der Waals surface area contributed by atoms with Crippen LogP contribution in [0, 0.1) is 0 Å². The first kappa shape index (κ1) is 11.6. The summed E-state index contributed by atoms with van der Waals surface area (Å²) in [5.74, 6) is 0. The number of nitrogens with zero attached hydrogens (tertiary/aromatic N) is 1. The second kappa shape index (κ2) is 5.99. The van der Waals surface area contributed by atoms with Gasteiger partial charge >= 0.3 is 0 Å². The van der Waals surface area contributed by atoms with Gasteiger partial charge in [-0.25, -0.2) is 0 Å². The quantitative estimate of drug-likeness (QED) is 0.827. The fourth-order valence-corrected chi connectivity index (χ4v) is 2.33. The zero-order chi connectivity index (χ0) is 11.2. The van der Waals surface area contributed by atoms with Crippen molar-refractivity contribution in [2.75, 3.05) is 6.54 Å². The molecule has 0 radical (unpaired) electrons. The molecule has 2 heterocycles. The van der Waals surface area contributed by atoms with Gasteiger partial charge in [0.1, 0.15) is 0 Å². The van der Waals surface area contributed by atoms with Crippen LogP contribution in [-0.2, 0) is 13.0 Å². The summed E-state index contributed by atoms with van der Waals surface area (Å²) in [5.41, 5.74) is 1.10. The van der Waals surface area contributed by atoms with Gasteiger partial charge in [-0.05, 0) is 29.5 Å². The van der Waals surface area contributed by atoms with E-state index < -0.39 is 0 Å². The summed E-state index contributed by atoms with van der Waals surface area (Å²) in [6.45, 7) is 1.77. The zero-order valence-corrected chi connectivity index (χ0v) is 10.4. The summed E-state index contributed by atoms with van der Waals surface area (Å²) in [6, 6.07) is 6.19. The number of hydrogen-bond donors (Lipinski definition) is 1. The van der Waals surface area contributed by atoms with E-state index in [9.17, 15) is 0 Å². The Morgan fingerprint density at radius 2 is 2.31 bits per heavy atom. The first-order valence-corrected chi connectivity index (χ1v) is 6.43. The Bertz CT molecular complexity index is 428. The molecule has 2 nitrogen and oxygen atoms in total. The Kier molecular flexibility index (Phi) is 4.34. The third-order valence-corrected chi connectivity index (χ3v) is 3.58. The van der Waals surface area contributed by atoms with Crippen LogP contribution in [0.1, 0.15) is 10.4 Å². The summed E-state index contributed by atoms with van der Waals surface area (Å²) < 4.78 is 0. The third-order valence-electron chi connectivity index (χ3n) is 2.30. The van der Waals surface area contributed by atoms with Crippen LogP contribution in [0.5, 0.6) is 0 Å². The summed E-state index contributed by atoms with van der Waals surface area (Å²) in [5, 5.41) is 6.21. The average molecular weight is 253 g/mol. The van der Waals surface area contributed by atoms with Crippen LogP contribution in [0.15, 0.2) is 36.0 Å². The molecule has 0 unspecified atom stereocenters. The molecule has 0 bridgehead atoms. The van der Waals surface area contributed by atoms with Crippen LogP contribution in [0.3, 0.4) is 0 Å². The normalized spacial score (nSPS) is 10.6. The molecule has 84 valence electrons. The van der Waals surface area contributed by atoms with E-state index >= 15 is 0 Å². The molecule has 0 fully saturated rings. The lowest BCUT2D eigenvalue weighted by atomic mass is 10.2. The number of hydrogen-bond acceptors (Lipinski definition) is 3. The van der Waals surface area contributed by atoms with E-state index in [0.29, 0.717) is 0 Å². The SMILES string of the molecule is Clc1cnccc1CNCCc1cccs1. The molecule has 0 saturated carbocycles. The number of aromatic nitrogens is 1. The first-order valence-electron chi connectivity index (χ1n) is 5.18. The predicted molar refractivity (Wildman–Crippen MR) is 69.0 cm³/mol. The summed E-state index contributed by atoms with van der Waals surface area (Å²) in [6.07, 6.45) is 4.51. The van der Waals surface area contributed by atoms with Crippen molar-refractivity contribution in [3.63, 3.8) is 0 Å². The molecular formula is C12H13ClN2S. The average Bonchev–Trinajstić information content (AvgIpc) is 2.79. The van der Waals surface area contributed by atoms with Gasteiger partial charge in [0.25, 0.3) is 0 Å². The summed E-state index contributed by atoms with van der Waals surface area (Å²) >= 11 is 7.80. The summed E-state index contributed by atoms with van der Waals surface area (Å²) in [4.78, 5) is 5.37. The van der Waals surface area contributed by atoms with E-state index in [1.807, 2.05) is 6.07 Å². The molecular weight excluding hydrogens is 240 g/mol. The van der Waals surface area contributed by atoms with E-state index in [1.54, 1.807) is 23.7 Å². The number of thiophene rings is 1. The van der Waals surface area contributed by atoms with Gasteiger partial charge in [0, 0.05) is 30.4 Å². The van der Waals surface area contributed by atoms with E-state index in [4.69, 9.17) is 11.6 Å². The third kappa shape index (κ3) is 3.30. The maximum Gasteiger partial charge on any atom is 0.0634 e. The van der Waals surface area contributed by atoms with Crippen molar-refractivity contribution in [1.82, 2.24) is 10.3 Å². The van der Waals surface area contributed by atoms with Crippen molar-refractivity contribution in [2.24, 2.45) is 0 Å². The second-order valence-electron chi connectivity index (χ2n) is 3.47. The topological polar surface area (TPSA) is 24.9 Å². The number of rotatable bonds is 5. The fourth-order valence-electron chi connectivity index (χ4n) is 1.44. The molecule has 0 aliphatic rings. The highest BCUT2D eigenvalue weighted by Gasteiger charge is 1.99. The Hall–Kier alpha value is -0.900. The Morgan fingerprint density at radius 3 is 3.06 bits per heavy atom. The van der Waals surface area contributed by atoms with Crippen LogP contribution >= 0.6 is 22.9 Å². The summed E-state index contributed by atoms with van der Waals surface area (Å²) in [7, 11) is 0. The maximum absolute atomic E-state index is 6.00. The molecule has 0 aromatic carbocycles. The molecule has 1 N–H and O–H groups in total. The fraction of sp³-hybridized carbons (Fsp3) is 0.250. The molecule has 2 aromatic heterocycles. The lowest BCUT2D eigenvalue weighted by Gasteiger charge is -2.05. The highest BCUT2D eigenvalue weighted by atomic mass is 35.5. The smallest absolute Gasteiger partial charge is 0.0634 e. The zero-order valence-electron chi connectivity index (χ0n) is 8.82. The molecule has 16 heavy (non-hydrogen) atoms. The molecule has 2 aromatic rings. The van der Waals surface area contributed by atoms with Gasteiger partial charge in [0.15, 0.2) is 0 Å². The lowest BCUT2D eigenvalue weighted by Crippen LogP contribution is -2.16. The number of nitrogens with one attached hydrogen (secondary N) is 1. The second-order valence-corrected chi connectivity index (χ2v) is 4.91. The van der Waals surface area contributed by atoms with Gasteiger partial charge in [-0.3, -0.25) is 4.98 Å². The van der Waals surface area contributed by atoms with Crippen molar-refractivity contribution in [2.45, 2.75) is 13.0 Å². The van der Waals surface area contributed by atoms with Gasteiger partial charge in [-0.1, -0.05) is 17.7 Å². The minimum atomic E-state index is 0.728. The van der Waals surface area contributed by atoms with Crippen molar-refractivity contribution < 1.29 is 0 Å².